The number of carbonyl (C=O) groups is 2. The zero-order chi connectivity index (χ0) is 12.8. The van der Waals surface area contributed by atoms with E-state index in [9.17, 15) is 9.59 Å². The van der Waals surface area contributed by atoms with E-state index in [2.05, 4.69) is 10.5 Å². The number of aromatic carboxylic acids is 1. The van der Waals surface area contributed by atoms with Gasteiger partial charge in [0.05, 0.1) is 11.3 Å². The number of carboxylic acids is 2. The number of rotatable bonds is 4. The number of para-hydroxylation sites is 1. The predicted molar refractivity (Wildman–Crippen MR) is 57.7 cm³/mol. The van der Waals surface area contributed by atoms with Crippen LogP contribution in [0.2, 0.25) is 0 Å². The quantitative estimate of drug-likeness (QED) is 0.521. The van der Waals surface area contributed by atoms with Gasteiger partial charge in [0.25, 0.3) is 0 Å². The number of nitrogens with one attached hydrogen (secondary N) is 1. The van der Waals surface area contributed by atoms with Gasteiger partial charge in [-0.25, -0.2) is 9.59 Å². The number of nitrogens with zero attached hydrogens (tertiary/aromatic N) is 2. The molecule has 86 valence electrons. The molecule has 0 saturated carbocycles. The minimum Gasteiger partial charge on any atom is -0.478 e. The van der Waals surface area contributed by atoms with Crippen LogP contribution in [-0.4, -0.2) is 27.9 Å². The normalized spacial score (nSPS) is 10.4. The third kappa shape index (κ3) is 3.04. The van der Waals surface area contributed by atoms with Gasteiger partial charge in [-0.05, 0) is 12.1 Å². The average molecular weight is 233 g/mol. The molecule has 0 unspecified atom stereocenters. The third-order valence-corrected chi connectivity index (χ3v) is 1.75. The van der Waals surface area contributed by atoms with Crippen molar-refractivity contribution in [1.29, 1.82) is 5.26 Å². The van der Waals surface area contributed by atoms with Crippen LogP contribution in [0.15, 0.2) is 29.4 Å². The predicted octanol–water partition coefficient (Wildman–Crippen LogP) is 0.761. The van der Waals surface area contributed by atoms with E-state index in [0.717, 1.165) is 0 Å². The highest BCUT2D eigenvalue weighted by Crippen LogP contribution is 2.14. The lowest BCUT2D eigenvalue weighted by Crippen LogP contribution is -2.13. The summed E-state index contributed by atoms with van der Waals surface area (Å²) in [5, 5.41) is 29.1. The molecule has 1 rings (SSSR count). The van der Waals surface area contributed by atoms with Crippen LogP contribution in [-0.2, 0) is 4.79 Å². The molecular formula is C10H7N3O4. The molecule has 7 heteroatoms. The lowest BCUT2D eigenvalue weighted by atomic mass is 10.2. The maximum Gasteiger partial charge on any atom is 0.367 e. The first-order chi connectivity index (χ1) is 8.06. The fourth-order valence-corrected chi connectivity index (χ4v) is 1.00. The number of carboxylic acid groups (broad SMARTS) is 2. The summed E-state index contributed by atoms with van der Waals surface area (Å²) in [4.78, 5) is 21.3. The summed E-state index contributed by atoms with van der Waals surface area (Å²) in [5.41, 5.74) is 1.51. The number of hydrogen-bond acceptors (Lipinski definition) is 5. The number of hydrazone groups is 1. The molecule has 0 spiro atoms. The molecule has 0 radical (unpaired) electrons. The Morgan fingerprint density at radius 1 is 1.29 bits per heavy atom. The standard InChI is InChI=1S/C10H7N3O4/c11-5-8(10(16)17)13-12-7-4-2-1-3-6(7)9(14)15/h1-4,12H,(H,14,15)(H,16,17)/b13-8+. The molecule has 0 amide bonds. The zero-order valence-corrected chi connectivity index (χ0v) is 8.41. The summed E-state index contributed by atoms with van der Waals surface area (Å²) >= 11 is 0. The Hall–Kier alpha value is -2.88. The fourth-order valence-electron chi connectivity index (χ4n) is 1.00. The second kappa shape index (κ2) is 5.27. The summed E-state index contributed by atoms with van der Waals surface area (Å²) in [6.45, 7) is 0. The molecule has 0 bridgehead atoms. The van der Waals surface area contributed by atoms with Crippen LogP contribution in [0.25, 0.3) is 0 Å². The number of anilines is 1. The Labute approximate surface area is 95.6 Å². The van der Waals surface area contributed by atoms with Gasteiger partial charge in [-0.15, -0.1) is 0 Å². The Morgan fingerprint density at radius 2 is 1.94 bits per heavy atom. The van der Waals surface area contributed by atoms with Gasteiger partial charge >= 0.3 is 11.9 Å². The maximum atomic E-state index is 10.8. The van der Waals surface area contributed by atoms with Crippen molar-refractivity contribution in [2.24, 2.45) is 5.10 Å². The van der Waals surface area contributed by atoms with E-state index < -0.39 is 17.7 Å². The van der Waals surface area contributed by atoms with Gasteiger partial charge in [-0.2, -0.15) is 10.4 Å². The SMILES string of the molecule is N#C/C(=N\Nc1ccccc1C(=O)O)C(=O)O. The lowest BCUT2D eigenvalue weighted by molar-refractivity contribution is -0.129. The molecular weight excluding hydrogens is 226 g/mol. The number of benzene rings is 1. The molecule has 0 atom stereocenters. The van der Waals surface area contributed by atoms with Crippen molar-refractivity contribution in [1.82, 2.24) is 0 Å². The highest BCUT2D eigenvalue weighted by Gasteiger charge is 2.10. The van der Waals surface area contributed by atoms with E-state index in [0.29, 0.717) is 0 Å². The molecule has 0 saturated heterocycles. The van der Waals surface area contributed by atoms with Crippen LogP contribution in [0.5, 0.6) is 0 Å². The van der Waals surface area contributed by atoms with Gasteiger partial charge < -0.3 is 10.2 Å². The Balaban J connectivity index is 3.01. The summed E-state index contributed by atoms with van der Waals surface area (Å²) in [5.74, 6) is -2.68. The topological polar surface area (TPSA) is 123 Å². The summed E-state index contributed by atoms with van der Waals surface area (Å²) in [6.07, 6.45) is 0. The molecule has 1 aromatic rings. The number of hydrogen-bond donors (Lipinski definition) is 3. The van der Waals surface area contributed by atoms with Crippen LogP contribution in [0.4, 0.5) is 5.69 Å². The lowest BCUT2D eigenvalue weighted by Gasteiger charge is -2.03. The summed E-state index contributed by atoms with van der Waals surface area (Å²) in [6, 6.07) is 7.16. The van der Waals surface area contributed by atoms with Crippen molar-refractivity contribution in [2.75, 3.05) is 5.43 Å². The van der Waals surface area contributed by atoms with Crippen molar-refractivity contribution < 1.29 is 19.8 Å². The van der Waals surface area contributed by atoms with Crippen LogP contribution < -0.4 is 5.43 Å². The molecule has 7 nitrogen and oxygen atoms in total. The monoisotopic (exact) mass is 233 g/mol. The Kier molecular flexibility index (Phi) is 3.78. The smallest absolute Gasteiger partial charge is 0.367 e. The summed E-state index contributed by atoms with van der Waals surface area (Å²) < 4.78 is 0. The van der Waals surface area contributed by atoms with Gasteiger partial charge in [0.2, 0.25) is 5.71 Å². The van der Waals surface area contributed by atoms with Crippen molar-refractivity contribution in [3.63, 3.8) is 0 Å². The van der Waals surface area contributed by atoms with Crippen LogP contribution in [0.1, 0.15) is 10.4 Å². The van der Waals surface area contributed by atoms with Crippen molar-refractivity contribution in [2.45, 2.75) is 0 Å². The third-order valence-electron chi connectivity index (χ3n) is 1.75. The zero-order valence-electron chi connectivity index (χ0n) is 8.41. The molecule has 1 aromatic carbocycles. The number of aliphatic carboxylic acids is 1. The molecule has 0 heterocycles. The number of nitriles is 1. The van der Waals surface area contributed by atoms with E-state index in [1.165, 1.54) is 24.3 Å². The van der Waals surface area contributed by atoms with Gasteiger partial charge in [0.15, 0.2) is 0 Å². The first-order valence-corrected chi connectivity index (χ1v) is 4.35. The molecule has 3 N–H and O–H groups in total. The first-order valence-electron chi connectivity index (χ1n) is 4.35. The van der Waals surface area contributed by atoms with Gasteiger partial charge in [0.1, 0.15) is 6.07 Å². The Morgan fingerprint density at radius 3 is 2.47 bits per heavy atom. The highest BCUT2D eigenvalue weighted by atomic mass is 16.4. The van der Waals surface area contributed by atoms with E-state index >= 15 is 0 Å². The van der Waals surface area contributed by atoms with Crippen molar-refractivity contribution >= 4 is 23.3 Å². The molecule has 17 heavy (non-hydrogen) atoms. The van der Waals surface area contributed by atoms with Gasteiger partial charge in [0, 0.05) is 0 Å². The van der Waals surface area contributed by atoms with E-state index in [1.54, 1.807) is 6.07 Å². The van der Waals surface area contributed by atoms with Crippen LogP contribution in [0.3, 0.4) is 0 Å². The van der Waals surface area contributed by atoms with E-state index in [-0.39, 0.29) is 11.3 Å². The van der Waals surface area contributed by atoms with E-state index in [4.69, 9.17) is 15.5 Å². The fraction of sp³-hybridized carbons (Fsp3) is 0. The molecule has 0 aliphatic heterocycles. The van der Waals surface area contributed by atoms with Crippen LogP contribution in [0, 0.1) is 11.3 Å². The first kappa shape index (κ1) is 12.2. The van der Waals surface area contributed by atoms with Crippen LogP contribution >= 0.6 is 0 Å². The highest BCUT2D eigenvalue weighted by molar-refractivity contribution is 6.42. The molecule has 0 aliphatic rings. The average Bonchev–Trinajstić information content (AvgIpc) is 2.29. The summed E-state index contributed by atoms with van der Waals surface area (Å²) in [7, 11) is 0. The maximum absolute atomic E-state index is 10.8. The van der Waals surface area contributed by atoms with E-state index in [1.807, 2.05) is 0 Å². The second-order valence-electron chi connectivity index (χ2n) is 2.84. The molecule has 0 aromatic heterocycles. The largest absolute Gasteiger partial charge is 0.478 e. The molecule has 0 fully saturated rings. The second-order valence-corrected chi connectivity index (χ2v) is 2.84. The van der Waals surface area contributed by atoms with Gasteiger partial charge in [-0.1, -0.05) is 12.1 Å². The van der Waals surface area contributed by atoms with Crippen molar-refractivity contribution in [3.05, 3.63) is 29.8 Å². The van der Waals surface area contributed by atoms with Crippen molar-refractivity contribution in [3.8, 4) is 6.07 Å². The minimum atomic E-state index is -1.49. The minimum absolute atomic E-state index is 0.0704. The molecule has 0 aliphatic carbocycles. The Bertz CT molecular complexity index is 531. The van der Waals surface area contributed by atoms with Gasteiger partial charge in [-0.3, -0.25) is 5.43 Å².